The molecule has 0 saturated heterocycles. The third kappa shape index (κ3) is 2.76. The monoisotopic (exact) mass is 439 g/mol. The van der Waals surface area contributed by atoms with Crippen LogP contribution in [0, 0.1) is 17.9 Å². The van der Waals surface area contributed by atoms with Gasteiger partial charge < -0.3 is 8.98 Å². The maximum absolute atomic E-state index is 9.63. The Morgan fingerprint density at radius 1 is 0.882 bits per heavy atom. The van der Waals surface area contributed by atoms with E-state index in [0.717, 1.165) is 49.4 Å². The van der Waals surface area contributed by atoms with E-state index in [9.17, 15) is 5.26 Å². The summed E-state index contributed by atoms with van der Waals surface area (Å²) in [4.78, 5) is 3.50. The zero-order valence-electron chi connectivity index (χ0n) is 19.2. The molecule has 4 heteroatoms. The second kappa shape index (κ2) is 6.98. The summed E-state index contributed by atoms with van der Waals surface area (Å²) in [6, 6.07) is 26.6. The second-order valence-electron chi connectivity index (χ2n) is 9.68. The molecule has 162 valence electrons. The Morgan fingerprint density at radius 2 is 1.68 bits per heavy atom. The Labute approximate surface area is 197 Å². The highest BCUT2D eigenvalue weighted by molar-refractivity contribution is 6.23. The van der Waals surface area contributed by atoms with E-state index in [4.69, 9.17) is 11.0 Å². The summed E-state index contributed by atoms with van der Waals surface area (Å²) < 4.78 is 8.59. The topological polar surface area (TPSA) is 46.2 Å². The molecule has 0 radical (unpaired) electrons. The van der Waals surface area contributed by atoms with E-state index < -0.39 is 0 Å². The first-order valence-corrected chi connectivity index (χ1v) is 11.2. The molecular formula is C30H21N3O. The van der Waals surface area contributed by atoms with Gasteiger partial charge in [0.1, 0.15) is 11.2 Å². The molecule has 4 nitrogen and oxygen atoms in total. The van der Waals surface area contributed by atoms with Gasteiger partial charge in [0.2, 0.25) is 5.69 Å². The maximum Gasteiger partial charge on any atom is 0.204 e. The fraction of sp³-hybridized carbons (Fsp3) is 0.133. The predicted molar refractivity (Wildman–Crippen MR) is 138 cm³/mol. The standard InChI is InChI=1S/C30H21N3O/c1-30(2,3)19-9-13-25-23(16-19)28-26(33(25)20-10-12-24(32-4)18(15-20)17-31)14-11-22-21-7-5-6-8-27(21)34-29(22)28/h5-16H,1-3H3. The van der Waals surface area contributed by atoms with Crippen LogP contribution in [0.2, 0.25) is 0 Å². The number of benzene rings is 4. The van der Waals surface area contributed by atoms with Gasteiger partial charge in [0.15, 0.2) is 0 Å². The van der Waals surface area contributed by atoms with Crippen LogP contribution in [0.3, 0.4) is 0 Å². The number of nitrogens with zero attached hydrogens (tertiary/aromatic N) is 3. The average Bonchev–Trinajstić information content (AvgIpc) is 3.38. The number of furan rings is 1. The van der Waals surface area contributed by atoms with E-state index >= 15 is 0 Å². The third-order valence-electron chi connectivity index (χ3n) is 6.62. The van der Waals surface area contributed by atoms with Gasteiger partial charge in [-0.1, -0.05) is 51.1 Å². The van der Waals surface area contributed by atoms with Crippen LogP contribution in [0.4, 0.5) is 5.69 Å². The van der Waals surface area contributed by atoms with Crippen LogP contribution in [0.25, 0.3) is 54.3 Å². The summed E-state index contributed by atoms with van der Waals surface area (Å²) >= 11 is 0. The summed E-state index contributed by atoms with van der Waals surface area (Å²) in [5.41, 5.74) is 6.60. The molecule has 0 amide bonds. The van der Waals surface area contributed by atoms with Crippen molar-refractivity contribution in [1.29, 1.82) is 5.26 Å². The lowest BCUT2D eigenvalue weighted by Crippen LogP contribution is -2.10. The van der Waals surface area contributed by atoms with E-state index in [1.54, 1.807) is 12.1 Å². The van der Waals surface area contributed by atoms with Gasteiger partial charge >= 0.3 is 0 Å². The highest BCUT2D eigenvalue weighted by atomic mass is 16.3. The lowest BCUT2D eigenvalue weighted by atomic mass is 9.86. The van der Waals surface area contributed by atoms with Crippen LogP contribution in [-0.2, 0) is 5.41 Å². The summed E-state index contributed by atoms with van der Waals surface area (Å²) in [5.74, 6) is 0. The van der Waals surface area contributed by atoms with Crippen molar-refractivity contribution in [3.8, 4) is 11.8 Å². The molecule has 0 bridgehead atoms. The molecule has 2 aromatic heterocycles. The van der Waals surface area contributed by atoms with Gasteiger partial charge in [-0.05, 0) is 53.4 Å². The number of rotatable bonds is 1. The second-order valence-corrected chi connectivity index (χ2v) is 9.68. The average molecular weight is 440 g/mol. The van der Waals surface area contributed by atoms with Crippen molar-refractivity contribution in [3.63, 3.8) is 0 Å². The van der Waals surface area contributed by atoms with E-state index in [-0.39, 0.29) is 5.41 Å². The fourth-order valence-corrected chi connectivity index (χ4v) is 4.88. The van der Waals surface area contributed by atoms with Crippen LogP contribution >= 0.6 is 0 Å². The maximum atomic E-state index is 9.63. The van der Waals surface area contributed by atoms with Crippen molar-refractivity contribution < 1.29 is 4.42 Å². The highest BCUT2D eigenvalue weighted by Crippen LogP contribution is 2.42. The summed E-state index contributed by atoms with van der Waals surface area (Å²) in [6.07, 6.45) is 0. The fourth-order valence-electron chi connectivity index (χ4n) is 4.88. The molecule has 0 unspecified atom stereocenters. The normalized spacial score (nSPS) is 11.9. The minimum atomic E-state index is -0.00432. The lowest BCUT2D eigenvalue weighted by Gasteiger charge is -2.19. The quantitative estimate of drug-likeness (QED) is 0.241. The number of nitriles is 1. The largest absolute Gasteiger partial charge is 0.455 e. The molecule has 0 saturated carbocycles. The van der Waals surface area contributed by atoms with Gasteiger partial charge in [0.25, 0.3) is 0 Å². The first-order chi connectivity index (χ1) is 16.4. The molecule has 0 aliphatic carbocycles. The van der Waals surface area contributed by atoms with E-state index in [0.29, 0.717) is 11.3 Å². The molecule has 0 atom stereocenters. The van der Waals surface area contributed by atoms with Crippen LogP contribution in [-0.4, -0.2) is 4.57 Å². The van der Waals surface area contributed by atoms with Gasteiger partial charge in [-0.3, -0.25) is 0 Å². The zero-order valence-corrected chi connectivity index (χ0v) is 19.2. The lowest BCUT2D eigenvalue weighted by molar-refractivity contribution is 0.591. The third-order valence-corrected chi connectivity index (χ3v) is 6.62. The Balaban J connectivity index is 1.81. The molecule has 0 aliphatic heterocycles. The molecule has 0 aliphatic rings. The molecule has 0 fully saturated rings. The van der Waals surface area contributed by atoms with Crippen molar-refractivity contribution in [1.82, 2.24) is 4.57 Å². The van der Waals surface area contributed by atoms with Gasteiger partial charge in [-0.2, -0.15) is 5.26 Å². The van der Waals surface area contributed by atoms with Gasteiger partial charge in [-0.25, -0.2) is 4.85 Å². The first kappa shape index (κ1) is 20.1. The predicted octanol–water partition coefficient (Wildman–Crippen LogP) is 8.40. The molecule has 2 heterocycles. The molecular weight excluding hydrogens is 418 g/mol. The number of hydrogen-bond donors (Lipinski definition) is 0. The van der Waals surface area contributed by atoms with E-state index in [1.807, 2.05) is 24.3 Å². The molecule has 6 rings (SSSR count). The molecule has 6 aromatic rings. The Morgan fingerprint density at radius 3 is 2.44 bits per heavy atom. The molecule has 0 N–H and O–H groups in total. The van der Waals surface area contributed by atoms with E-state index in [2.05, 4.69) is 72.7 Å². The van der Waals surface area contributed by atoms with Crippen LogP contribution < -0.4 is 0 Å². The molecule has 34 heavy (non-hydrogen) atoms. The van der Waals surface area contributed by atoms with Crippen LogP contribution in [0.15, 0.2) is 77.2 Å². The summed E-state index contributed by atoms with van der Waals surface area (Å²) in [5, 5.41) is 14.0. The number of aromatic nitrogens is 1. The minimum Gasteiger partial charge on any atom is -0.455 e. The minimum absolute atomic E-state index is 0.00432. The van der Waals surface area contributed by atoms with Crippen LogP contribution in [0.5, 0.6) is 0 Å². The Kier molecular flexibility index (Phi) is 4.12. The van der Waals surface area contributed by atoms with Crippen molar-refractivity contribution >= 4 is 49.4 Å². The smallest absolute Gasteiger partial charge is 0.204 e. The van der Waals surface area contributed by atoms with E-state index in [1.165, 1.54) is 5.56 Å². The zero-order chi connectivity index (χ0) is 23.6. The SMILES string of the molecule is [C-]#[N+]c1ccc(-n2c3ccc(C(C)(C)C)cc3c3c4oc5ccccc5c4ccc32)cc1C#N. The van der Waals surface area contributed by atoms with Crippen molar-refractivity contribution in [3.05, 3.63) is 95.3 Å². The highest BCUT2D eigenvalue weighted by Gasteiger charge is 2.21. The summed E-state index contributed by atoms with van der Waals surface area (Å²) in [6.45, 7) is 14.0. The number of para-hydroxylation sites is 1. The number of fused-ring (bicyclic) bond motifs is 7. The Bertz CT molecular complexity index is 1860. The Hall–Kier alpha value is -4.54. The van der Waals surface area contributed by atoms with Gasteiger partial charge in [-0.15, -0.1) is 0 Å². The summed E-state index contributed by atoms with van der Waals surface area (Å²) in [7, 11) is 0. The molecule has 4 aromatic carbocycles. The van der Waals surface area contributed by atoms with Gasteiger partial charge in [0, 0.05) is 21.8 Å². The van der Waals surface area contributed by atoms with Crippen molar-refractivity contribution in [2.75, 3.05) is 0 Å². The van der Waals surface area contributed by atoms with Crippen molar-refractivity contribution in [2.45, 2.75) is 26.2 Å². The van der Waals surface area contributed by atoms with Crippen LogP contribution in [0.1, 0.15) is 31.9 Å². The number of hydrogen-bond acceptors (Lipinski definition) is 2. The molecule has 0 spiro atoms. The van der Waals surface area contributed by atoms with Crippen molar-refractivity contribution in [2.24, 2.45) is 0 Å². The first-order valence-electron chi connectivity index (χ1n) is 11.2. The van der Waals surface area contributed by atoms with Gasteiger partial charge in [0.05, 0.1) is 34.6 Å².